The molecule has 1 saturated heterocycles. The third-order valence-corrected chi connectivity index (χ3v) is 5.15. The molecule has 1 amide bonds. The minimum atomic E-state index is 0.172. The fourth-order valence-corrected chi connectivity index (χ4v) is 3.66. The minimum absolute atomic E-state index is 0.172. The van der Waals surface area contributed by atoms with Crippen LogP contribution in [0.5, 0.6) is 0 Å². The Morgan fingerprint density at radius 2 is 2.21 bits per heavy atom. The van der Waals surface area contributed by atoms with Gasteiger partial charge < -0.3 is 20.3 Å². The second-order valence-electron chi connectivity index (χ2n) is 6.92. The number of fused-ring (bicyclic) bond motifs is 1. The molecule has 2 aliphatic heterocycles. The van der Waals surface area contributed by atoms with Gasteiger partial charge in [-0.3, -0.25) is 4.79 Å². The topological polar surface area (TPSA) is 84.6 Å². The Hall–Kier alpha value is -1.73. The molecule has 2 N–H and O–H groups in total. The monoisotopic (exact) mass is 331 g/mol. The highest BCUT2D eigenvalue weighted by Gasteiger charge is 2.36. The van der Waals surface area contributed by atoms with E-state index in [1.807, 2.05) is 4.90 Å². The van der Waals surface area contributed by atoms with Gasteiger partial charge in [-0.25, -0.2) is 9.97 Å². The first-order valence-electron chi connectivity index (χ1n) is 8.94. The van der Waals surface area contributed by atoms with Gasteiger partial charge in [-0.1, -0.05) is 0 Å². The summed E-state index contributed by atoms with van der Waals surface area (Å²) in [7, 11) is 0. The molecule has 7 nitrogen and oxygen atoms in total. The van der Waals surface area contributed by atoms with Crippen LogP contribution in [0.15, 0.2) is 6.33 Å². The van der Waals surface area contributed by atoms with Crippen LogP contribution in [0.2, 0.25) is 0 Å². The third-order valence-electron chi connectivity index (χ3n) is 5.15. The summed E-state index contributed by atoms with van der Waals surface area (Å²) in [4.78, 5) is 25.6. The summed E-state index contributed by atoms with van der Waals surface area (Å²) < 4.78 is 5.78. The Bertz CT molecular complexity index is 617. The Kier molecular flexibility index (Phi) is 4.37. The number of carbonyl (C=O) groups excluding carboxylic acids is 1. The number of hydrogen-bond donors (Lipinski definition) is 1. The number of rotatable bonds is 4. The Balaban J connectivity index is 1.51. The van der Waals surface area contributed by atoms with E-state index in [2.05, 4.69) is 14.9 Å². The van der Waals surface area contributed by atoms with Gasteiger partial charge in [-0.05, 0) is 32.2 Å². The molecule has 0 aromatic carbocycles. The first-order chi connectivity index (χ1) is 11.8. The van der Waals surface area contributed by atoms with E-state index in [1.165, 1.54) is 5.56 Å². The lowest BCUT2D eigenvalue weighted by Crippen LogP contribution is -2.45. The normalized spacial score (nSPS) is 24.0. The number of amides is 1. The second kappa shape index (κ2) is 6.64. The molecule has 24 heavy (non-hydrogen) atoms. The van der Waals surface area contributed by atoms with Crippen molar-refractivity contribution in [3.8, 4) is 0 Å². The molecule has 7 heteroatoms. The predicted molar refractivity (Wildman–Crippen MR) is 89.5 cm³/mol. The largest absolute Gasteiger partial charge is 0.374 e. The first kappa shape index (κ1) is 15.8. The van der Waals surface area contributed by atoms with Gasteiger partial charge in [0.05, 0.1) is 24.9 Å². The zero-order chi connectivity index (χ0) is 16.5. The minimum Gasteiger partial charge on any atom is -0.374 e. The maximum absolute atomic E-state index is 12.3. The highest BCUT2D eigenvalue weighted by atomic mass is 16.5. The fourth-order valence-electron chi connectivity index (χ4n) is 3.66. The lowest BCUT2D eigenvalue weighted by Gasteiger charge is -2.36. The number of anilines is 1. The quantitative estimate of drug-likeness (QED) is 0.856. The highest BCUT2D eigenvalue weighted by molar-refractivity contribution is 5.81. The summed E-state index contributed by atoms with van der Waals surface area (Å²) in [5, 5.41) is 0. The zero-order valence-corrected chi connectivity index (χ0v) is 14.0. The van der Waals surface area contributed by atoms with Gasteiger partial charge in [0, 0.05) is 31.1 Å². The average Bonchev–Trinajstić information content (AvgIpc) is 3.46. The van der Waals surface area contributed by atoms with Crippen LogP contribution in [-0.2, 0) is 22.5 Å². The molecular formula is C17H25N5O2. The smallest absolute Gasteiger partial charge is 0.226 e. The molecule has 1 aliphatic carbocycles. The molecular weight excluding hydrogens is 306 g/mol. The highest BCUT2D eigenvalue weighted by Crippen LogP contribution is 2.33. The number of aromatic nitrogens is 2. The number of nitrogens with two attached hydrogens (primary N) is 1. The van der Waals surface area contributed by atoms with Crippen molar-refractivity contribution in [2.45, 2.75) is 38.3 Å². The summed E-state index contributed by atoms with van der Waals surface area (Å²) in [6.45, 7) is 4.41. The Labute approximate surface area is 142 Å². The summed E-state index contributed by atoms with van der Waals surface area (Å²) in [6.07, 6.45) is 5.61. The molecule has 4 rings (SSSR count). The standard InChI is InChI=1S/C17H25N5O2/c18-5-3-13-9-21(7-8-24-13)16-14-4-6-22(17(23)12-1-2-12)10-15(14)19-11-20-16/h11-13H,1-10,18H2/t13-/m1/s1. The number of carbonyl (C=O) groups is 1. The van der Waals surface area contributed by atoms with E-state index in [-0.39, 0.29) is 12.0 Å². The maximum atomic E-state index is 12.3. The average molecular weight is 331 g/mol. The number of ether oxygens (including phenoxy) is 1. The van der Waals surface area contributed by atoms with Gasteiger partial charge in [-0.2, -0.15) is 0 Å². The van der Waals surface area contributed by atoms with Crippen molar-refractivity contribution in [2.24, 2.45) is 11.7 Å². The molecule has 0 bridgehead atoms. The zero-order valence-electron chi connectivity index (χ0n) is 14.0. The van der Waals surface area contributed by atoms with Crippen LogP contribution < -0.4 is 10.6 Å². The molecule has 1 aromatic rings. The van der Waals surface area contributed by atoms with Crippen molar-refractivity contribution in [3.05, 3.63) is 17.6 Å². The van der Waals surface area contributed by atoms with Crippen molar-refractivity contribution >= 4 is 11.7 Å². The Morgan fingerprint density at radius 3 is 3.00 bits per heavy atom. The van der Waals surface area contributed by atoms with Crippen LogP contribution in [0, 0.1) is 5.92 Å². The molecule has 0 spiro atoms. The number of hydrogen-bond acceptors (Lipinski definition) is 6. The van der Waals surface area contributed by atoms with Crippen LogP contribution >= 0.6 is 0 Å². The fraction of sp³-hybridized carbons (Fsp3) is 0.706. The summed E-state index contributed by atoms with van der Waals surface area (Å²) in [5.74, 6) is 1.59. The van der Waals surface area contributed by atoms with Crippen LogP contribution in [0.4, 0.5) is 5.82 Å². The third kappa shape index (κ3) is 3.10. The number of nitrogens with zero attached hydrogens (tertiary/aromatic N) is 4. The van der Waals surface area contributed by atoms with E-state index in [1.54, 1.807) is 6.33 Å². The van der Waals surface area contributed by atoms with Crippen molar-refractivity contribution in [3.63, 3.8) is 0 Å². The summed E-state index contributed by atoms with van der Waals surface area (Å²) in [5.41, 5.74) is 7.87. The van der Waals surface area contributed by atoms with Gasteiger partial charge in [0.15, 0.2) is 0 Å². The van der Waals surface area contributed by atoms with Crippen LogP contribution in [-0.4, -0.2) is 59.7 Å². The van der Waals surface area contributed by atoms with Gasteiger partial charge in [0.25, 0.3) is 0 Å². The SMILES string of the molecule is NCC[C@@H]1CN(c2ncnc3c2CCN(C(=O)C2CC2)C3)CCO1. The molecule has 130 valence electrons. The molecule has 3 aliphatic rings. The lowest BCUT2D eigenvalue weighted by atomic mass is 10.0. The van der Waals surface area contributed by atoms with Crippen LogP contribution in [0.1, 0.15) is 30.5 Å². The van der Waals surface area contributed by atoms with E-state index >= 15 is 0 Å². The molecule has 1 aromatic heterocycles. The van der Waals surface area contributed by atoms with Gasteiger partial charge in [-0.15, -0.1) is 0 Å². The van der Waals surface area contributed by atoms with Crippen molar-refractivity contribution in [1.29, 1.82) is 0 Å². The van der Waals surface area contributed by atoms with Gasteiger partial charge in [0.2, 0.25) is 5.91 Å². The second-order valence-corrected chi connectivity index (χ2v) is 6.92. The van der Waals surface area contributed by atoms with Gasteiger partial charge >= 0.3 is 0 Å². The van der Waals surface area contributed by atoms with Crippen molar-refractivity contribution in [2.75, 3.05) is 37.7 Å². The van der Waals surface area contributed by atoms with E-state index in [4.69, 9.17) is 10.5 Å². The predicted octanol–water partition coefficient (Wildman–Crippen LogP) is 0.325. The summed E-state index contributed by atoms with van der Waals surface area (Å²) in [6, 6.07) is 0. The van der Waals surface area contributed by atoms with Crippen LogP contribution in [0.25, 0.3) is 0 Å². The molecule has 0 radical (unpaired) electrons. The Morgan fingerprint density at radius 1 is 1.33 bits per heavy atom. The van der Waals surface area contributed by atoms with Gasteiger partial charge in [0.1, 0.15) is 12.1 Å². The molecule has 1 atom stereocenters. The molecule has 0 unspecified atom stereocenters. The van der Waals surface area contributed by atoms with E-state index in [9.17, 15) is 4.79 Å². The van der Waals surface area contributed by atoms with Crippen molar-refractivity contribution in [1.82, 2.24) is 14.9 Å². The van der Waals surface area contributed by atoms with E-state index in [0.717, 1.165) is 56.8 Å². The lowest BCUT2D eigenvalue weighted by molar-refractivity contribution is -0.133. The number of morpholine rings is 1. The van der Waals surface area contributed by atoms with E-state index in [0.29, 0.717) is 25.6 Å². The summed E-state index contributed by atoms with van der Waals surface area (Å²) >= 11 is 0. The van der Waals surface area contributed by atoms with E-state index < -0.39 is 0 Å². The maximum Gasteiger partial charge on any atom is 0.226 e. The van der Waals surface area contributed by atoms with Crippen LogP contribution in [0.3, 0.4) is 0 Å². The van der Waals surface area contributed by atoms with Crippen molar-refractivity contribution < 1.29 is 9.53 Å². The molecule has 2 fully saturated rings. The first-order valence-corrected chi connectivity index (χ1v) is 8.94. The molecule has 3 heterocycles. The molecule has 1 saturated carbocycles.